The summed E-state index contributed by atoms with van der Waals surface area (Å²) in [7, 11) is 0. The van der Waals surface area contributed by atoms with Gasteiger partial charge in [-0.1, -0.05) is 68.4 Å². The molecule has 0 bridgehead atoms. The SMILES string of the molecule is CCC(Oc1ccc(-c2ccccc2)cc1)C(=O)Nc1ccccc1C(=O)N1CCC(C)CC1. The van der Waals surface area contributed by atoms with Crippen molar-refractivity contribution in [3.05, 3.63) is 84.4 Å². The highest BCUT2D eigenvalue weighted by molar-refractivity contribution is 6.04. The lowest BCUT2D eigenvalue weighted by atomic mass is 9.98. The van der Waals surface area contributed by atoms with Gasteiger partial charge in [0.25, 0.3) is 11.8 Å². The predicted molar refractivity (Wildman–Crippen MR) is 136 cm³/mol. The monoisotopic (exact) mass is 456 g/mol. The van der Waals surface area contributed by atoms with Crippen molar-refractivity contribution in [1.82, 2.24) is 4.90 Å². The van der Waals surface area contributed by atoms with Crippen LogP contribution in [0.25, 0.3) is 11.1 Å². The van der Waals surface area contributed by atoms with Crippen LogP contribution < -0.4 is 10.1 Å². The Bertz CT molecular complexity index is 1100. The summed E-state index contributed by atoms with van der Waals surface area (Å²) in [6.07, 6.45) is 1.86. The normalized spacial score (nSPS) is 14.9. The van der Waals surface area contributed by atoms with Crippen LogP contribution in [0.5, 0.6) is 5.75 Å². The van der Waals surface area contributed by atoms with Crippen molar-refractivity contribution in [2.45, 2.75) is 39.2 Å². The van der Waals surface area contributed by atoms with Crippen LogP contribution in [0.4, 0.5) is 5.69 Å². The van der Waals surface area contributed by atoms with Crippen LogP contribution in [0.3, 0.4) is 0 Å². The predicted octanol–water partition coefficient (Wildman–Crippen LogP) is 6.02. The molecule has 0 aliphatic carbocycles. The summed E-state index contributed by atoms with van der Waals surface area (Å²) in [6.45, 7) is 5.63. The Morgan fingerprint density at radius 2 is 1.53 bits per heavy atom. The Balaban J connectivity index is 1.43. The van der Waals surface area contributed by atoms with E-state index in [-0.39, 0.29) is 11.8 Å². The maximum absolute atomic E-state index is 13.1. The van der Waals surface area contributed by atoms with Gasteiger partial charge in [-0.15, -0.1) is 0 Å². The first kappa shape index (κ1) is 23.6. The zero-order valence-electron chi connectivity index (χ0n) is 19.9. The molecule has 5 heteroatoms. The highest BCUT2D eigenvalue weighted by atomic mass is 16.5. The van der Waals surface area contributed by atoms with Gasteiger partial charge in [0.05, 0.1) is 11.3 Å². The molecule has 0 spiro atoms. The second kappa shape index (κ2) is 11.0. The van der Waals surface area contributed by atoms with Crippen LogP contribution in [-0.2, 0) is 4.79 Å². The third-order valence-corrected chi connectivity index (χ3v) is 6.39. The number of nitrogens with one attached hydrogen (secondary N) is 1. The molecule has 3 aromatic rings. The Kier molecular flexibility index (Phi) is 7.63. The van der Waals surface area contributed by atoms with E-state index >= 15 is 0 Å². The Morgan fingerprint density at radius 1 is 0.912 bits per heavy atom. The van der Waals surface area contributed by atoms with Crippen molar-refractivity contribution in [2.24, 2.45) is 5.92 Å². The summed E-state index contributed by atoms with van der Waals surface area (Å²) in [5.41, 5.74) is 3.26. The average Bonchev–Trinajstić information content (AvgIpc) is 2.88. The molecule has 4 rings (SSSR count). The summed E-state index contributed by atoms with van der Waals surface area (Å²) in [4.78, 5) is 28.1. The van der Waals surface area contributed by atoms with E-state index in [4.69, 9.17) is 4.74 Å². The van der Waals surface area contributed by atoms with Crippen molar-refractivity contribution < 1.29 is 14.3 Å². The van der Waals surface area contributed by atoms with Gasteiger partial charge in [-0.3, -0.25) is 9.59 Å². The summed E-state index contributed by atoms with van der Waals surface area (Å²) in [5.74, 6) is 0.979. The molecule has 0 radical (unpaired) electrons. The number of likely N-dealkylation sites (tertiary alicyclic amines) is 1. The minimum Gasteiger partial charge on any atom is -0.481 e. The second-order valence-corrected chi connectivity index (χ2v) is 8.91. The summed E-state index contributed by atoms with van der Waals surface area (Å²) < 4.78 is 6.01. The van der Waals surface area contributed by atoms with Crippen molar-refractivity contribution in [1.29, 1.82) is 0 Å². The van der Waals surface area contributed by atoms with Gasteiger partial charge in [0.1, 0.15) is 5.75 Å². The van der Waals surface area contributed by atoms with Gasteiger partial charge in [-0.25, -0.2) is 0 Å². The number of piperidine rings is 1. The zero-order valence-corrected chi connectivity index (χ0v) is 19.9. The third kappa shape index (κ3) is 5.66. The number of para-hydroxylation sites is 1. The molecule has 1 aliphatic rings. The molecule has 0 aromatic heterocycles. The average molecular weight is 457 g/mol. The van der Waals surface area contributed by atoms with Crippen molar-refractivity contribution >= 4 is 17.5 Å². The minimum atomic E-state index is -0.665. The minimum absolute atomic E-state index is 0.0340. The number of carbonyl (C=O) groups is 2. The summed E-state index contributed by atoms with van der Waals surface area (Å²) in [6, 6.07) is 25.1. The molecular formula is C29H32N2O3. The first-order valence-electron chi connectivity index (χ1n) is 12.1. The molecule has 1 N–H and O–H groups in total. The second-order valence-electron chi connectivity index (χ2n) is 8.91. The Labute approximate surface area is 201 Å². The zero-order chi connectivity index (χ0) is 23.9. The number of amides is 2. The Hall–Kier alpha value is -3.60. The summed E-state index contributed by atoms with van der Waals surface area (Å²) >= 11 is 0. The van der Waals surface area contributed by atoms with Crippen LogP contribution in [0.1, 0.15) is 43.5 Å². The van der Waals surface area contributed by atoms with Gasteiger partial charge >= 0.3 is 0 Å². The van der Waals surface area contributed by atoms with E-state index in [0.717, 1.165) is 37.1 Å². The molecule has 1 fully saturated rings. The fourth-order valence-electron chi connectivity index (χ4n) is 4.22. The van der Waals surface area contributed by atoms with Crippen LogP contribution >= 0.6 is 0 Å². The van der Waals surface area contributed by atoms with Gasteiger partial charge in [-0.05, 0) is 60.6 Å². The molecule has 1 heterocycles. The van der Waals surface area contributed by atoms with E-state index in [1.165, 1.54) is 0 Å². The van der Waals surface area contributed by atoms with Gasteiger partial charge in [-0.2, -0.15) is 0 Å². The topological polar surface area (TPSA) is 58.6 Å². The fourth-order valence-corrected chi connectivity index (χ4v) is 4.22. The molecule has 1 saturated heterocycles. The molecule has 1 aliphatic heterocycles. The van der Waals surface area contributed by atoms with Gasteiger partial charge in [0, 0.05) is 13.1 Å². The van der Waals surface area contributed by atoms with Gasteiger partial charge in [0.2, 0.25) is 0 Å². The number of rotatable bonds is 7. The maximum Gasteiger partial charge on any atom is 0.265 e. The Morgan fingerprint density at radius 3 is 2.21 bits per heavy atom. The van der Waals surface area contributed by atoms with E-state index in [0.29, 0.717) is 29.3 Å². The molecular weight excluding hydrogens is 424 g/mol. The number of hydrogen-bond donors (Lipinski definition) is 1. The standard InChI is InChI=1S/C29H32N2O3/c1-3-27(34-24-15-13-23(14-16-24)22-9-5-4-6-10-22)28(32)30-26-12-8-7-11-25(26)29(33)31-19-17-21(2)18-20-31/h4-16,21,27H,3,17-20H2,1-2H3,(H,30,32). The number of carbonyl (C=O) groups excluding carboxylic acids is 2. The lowest BCUT2D eigenvalue weighted by molar-refractivity contribution is -0.122. The lowest BCUT2D eigenvalue weighted by Gasteiger charge is -2.31. The number of benzene rings is 3. The lowest BCUT2D eigenvalue weighted by Crippen LogP contribution is -2.38. The van der Waals surface area contributed by atoms with E-state index < -0.39 is 6.10 Å². The van der Waals surface area contributed by atoms with Crippen LogP contribution in [-0.4, -0.2) is 35.9 Å². The summed E-state index contributed by atoms with van der Waals surface area (Å²) in [5, 5.41) is 2.94. The van der Waals surface area contributed by atoms with Gasteiger partial charge < -0.3 is 15.0 Å². The quantitative estimate of drug-likeness (QED) is 0.473. The van der Waals surface area contributed by atoms with Crippen LogP contribution in [0.2, 0.25) is 0 Å². The number of ether oxygens (including phenoxy) is 1. The fraction of sp³-hybridized carbons (Fsp3) is 0.310. The molecule has 3 aromatic carbocycles. The number of anilines is 1. The van der Waals surface area contributed by atoms with E-state index in [1.54, 1.807) is 12.1 Å². The largest absolute Gasteiger partial charge is 0.481 e. The molecule has 0 saturated carbocycles. The molecule has 2 amide bonds. The molecule has 1 atom stereocenters. The number of nitrogens with zero attached hydrogens (tertiary/aromatic N) is 1. The van der Waals surface area contributed by atoms with Crippen molar-refractivity contribution in [3.8, 4) is 16.9 Å². The first-order valence-corrected chi connectivity index (χ1v) is 12.1. The molecule has 5 nitrogen and oxygen atoms in total. The molecule has 34 heavy (non-hydrogen) atoms. The third-order valence-electron chi connectivity index (χ3n) is 6.39. The van der Waals surface area contributed by atoms with Gasteiger partial charge in [0.15, 0.2) is 6.10 Å². The highest BCUT2D eigenvalue weighted by Gasteiger charge is 2.25. The smallest absolute Gasteiger partial charge is 0.265 e. The number of hydrogen-bond acceptors (Lipinski definition) is 3. The van der Waals surface area contributed by atoms with E-state index in [9.17, 15) is 9.59 Å². The van der Waals surface area contributed by atoms with Crippen molar-refractivity contribution in [2.75, 3.05) is 18.4 Å². The highest BCUT2D eigenvalue weighted by Crippen LogP contribution is 2.25. The molecule has 176 valence electrons. The van der Waals surface area contributed by atoms with Crippen molar-refractivity contribution in [3.63, 3.8) is 0 Å². The van der Waals surface area contributed by atoms with E-state index in [1.807, 2.05) is 66.4 Å². The van der Waals surface area contributed by atoms with Crippen LogP contribution in [0.15, 0.2) is 78.9 Å². The van der Waals surface area contributed by atoms with E-state index in [2.05, 4.69) is 24.4 Å². The molecule has 1 unspecified atom stereocenters. The van der Waals surface area contributed by atoms with Crippen LogP contribution in [0, 0.1) is 5.92 Å². The first-order chi connectivity index (χ1) is 16.5. The maximum atomic E-state index is 13.1.